The van der Waals surface area contributed by atoms with E-state index in [1.807, 2.05) is 61.5 Å². The van der Waals surface area contributed by atoms with Crippen molar-refractivity contribution in [2.24, 2.45) is 0 Å². The van der Waals surface area contributed by atoms with Crippen LogP contribution in [0.5, 0.6) is 5.75 Å². The van der Waals surface area contributed by atoms with E-state index >= 15 is 0 Å². The molecule has 0 saturated carbocycles. The van der Waals surface area contributed by atoms with Gasteiger partial charge in [0.15, 0.2) is 5.82 Å². The molecule has 0 saturated heterocycles. The third kappa shape index (κ3) is 5.49. The van der Waals surface area contributed by atoms with Crippen molar-refractivity contribution in [3.63, 3.8) is 0 Å². The number of halogens is 2. The summed E-state index contributed by atoms with van der Waals surface area (Å²) in [5.41, 5.74) is 3.42. The number of benzene rings is 3. The monoisotopic (exact) mass is 465 g/mol. The van der Waals surface area contributed by atoms with E-state index in [2.05, 4.69) is 10.4 Å². The highest BCUT2D eigenvalue weighted by Crippen LogP contribution is 2.22. The molecule has 0 spiro atoms. The standard InChI is InChI=1S/C25H21Cl2N3O2/c1-17-14-21(10-11-22(17)26)32-16-18-6-8-19(9-7-18)25(31)28-24-12-13-30(29-24)15-20-4-2-3-5-23(20)27/h2-14H,15-16H2,1H3,(H,28,29,31). The Balaban J connectivity index is 1.33. The van der Waals surface area contributed by atoms with Crippen LogP contribution in [0.2, 0.25) is 10.0 Å². The van der Waals surface area contributed by atoms with Gasteiger partial charge in [0.2, 0.25) is 0 Å². The molecule has 3 aromatic carbocycles. The van der Waals surface area contributed by atoms with Gasteiger partial charge in [-0.3, -0.25) is 9.48 Å². The molecule has 32 heavy (non-hydrogen) atoms. The number of carbonyl (C=O) groups excluding carboxylic acids is 1. The molecule has 0 aliphatic carbocycles. The van der Waals surface area contributed by atoms with Gasteiger partial charge in [0, 0.05) is 27.9 Å². The lowest BCUT2D eigenvalue weighted by Crippen LogP contribution is -2.13. The summed E-state index contributed by atoms with van der Waals surface area (Å²) < 4.78 is 7.53. The number of aromatic nitrogens is 2. The quantitative estimate of drug-likeness (QED) is 0.344. The Morgan fingerprint density at radius 1 is 1.00 bits per heavy atom. The minimum Gasteiger partial charge on any atom is -0.489 e. The van der Waals surface area contributed by atoms with Gasteiger partial charge < -0.3 is 10.1 Å². The Hall–Kier alpha value is -3.28. The first-order valence-corrected chi connectivity index (χ1v) is 10.8. The minimum absolute atomic E-state index is 0.228. The summed E-state index contributed by atoms with van der Waals surface area (Å²) in [6, 6.07) is 22.2. The molecule has 162 valence electrons. The molecule has 0 bridgehead atoms. The van der Waals surface area contributed by atoms with Crippen molar-refractivity contribution in [3.8, 4) is 5.75 Å². The predicted molar refractivity (Wildman–Crippen MR) is 128 cm³/mol. The summed E-state index contributed by atoms with van der Waals surface area (Å²) in [5.74, 6) is 1.00. The van der Waals surface area contributed by atoms with Crippen LogP contribution < -0.4 is 10.1 Å². The van der Waals surface area contributed by atoms with E-state index in [4.69, 9.17) is 27.9 Å². The summed E-state index contributed by atoms with van der Waals surface area (Å²) in [7, 11) is 0. The second-order valence-electron chi connectivity index (χ2n) is 7.34. The lowest BCUT2D eigenvalue weighted by Gasteiger charge is -2.09. The van der Waals surface area contributed by atoms with Crippen molar-refractivity contribution in [1.82, 2.24) is 9.78 Å². The fourth-order valence-corrected chi connectivity index (χ4v) is 3.45. The molecule has 0 atom stereocenters. The van der Waals surface area contributed by atoms with Crippen molar-refractivity contribution >= 4 is 34.9 Å². The van der Waals surface area contributed by atoms with Gasteiger partial charge in [-0.25, -0.2) is 0 Å². The van der Waals surface area contributed by atoms with Crippen molar-refractivity contribution < 1.29 is 9.53 Å². The number of nitrogens with zero attached hydrogens (tertiary/aromatic N) is 2. The van der Waals surface area contributed by atoms with E-state index < -0.39 is 0 Å². The lowest BCUT2D eigenvalue weighted by molar-refractivity contribution is 0.102. The first-order chi connectivity index (χ1) is 15.5. The fourth-order valence-electron chi connectivity index (χ4n) is 3.13. The Labute approximate surface area is 196 Å². The minimum atomic E-state index is -0.228. The molecule has 7 heteroatoms. The Morgan fingerprint density at radius 2 is 1.78 bits per heavy atom. The maximum atomic E-state index is 12.6. The second-order valence-corrected chi connectivity index (χ2v) is 8.16. The van der Waals surface area contributed by atoms with Gasteiger partial charge in [-0.05, 0) is 60.0 Å². The number of carbonyl (C=O) groups is 1. The normalized spacial score (nSPS) is 10.7. The van der Waals surface area contributed by atoms with E-state index in [-0.39, 0.29) is 5.91 Å². The van der Waals surface area contributed by atoms with Crippen LogP contribution in [-0.2, 0) is 13.2 Å². The Morgan fingerprint density at radius 3 is 2.53 bits per heavy atom. The largest absolute Gasteiger partial charge is 0.489 e. The molecular formula is C25H21Cl2N3O2. The first kappa shape index (κ1) is 21.9. The van der Waals surface area contributed by atoms with Gasteiger partial charge >= 0.3 is 0 Å². The molecule has 0 fully saturated rings. The molecule has 0 unspecified atom stereocenters. The number of anilines is 1. The number of amides is 1. The summed E-state index contributed by atoms with van der Waals surface area (Å²) in [5, 5.41) is 8.62. The van der Waals surface area contributed by atoms with E-state index in [0.717, 1.165) is 22.4 Å². The smallest absolute Gasteiger partial charge is 0.256 e. The molecule has 4 rings (SSSR count). The molecule has 1 amide bonds. The van der Waals surface area contributed by atoms with Gasteiger partial charge in [0.25, 0.3) is 5.91 Å². The highest BCUT2D eigenvalue weighted by molar-refractivity contribution is 6.31. The number of ether oxygens (including phenoxy) is 1. The molecule has 4 aromatic rings. The topological polar surface area (TPSA) is 56.1 Å². The van der Waals surface area contributed by atoms with E-state index in [1.54, 1.807) is 29.1 Å². The zero-order valence-electron chi connectivity index (χ0n) is 17.4. The number of aryl methyl sites for hydroxylation is 1. The predicted octanol–water partition coefficient (Wildman–Crippen LogP) is 6.38. The number of hydrogen-bond donors (Lipinski definition) is 1. The number of hydrogen-bond acceptors (Lipinski definition) is 3. The molecular weight excluding hydrogens is 445 g/mol. The average Bonchev–Trinajstić information content (AvgIpc) is 3.23. The van der Waals surface area contributed by atoms with Crippen molar-refractivity contribution in [2.45, 2.75) is 20.1 Å². The third-order valence-electron chi connectivity index (χ3n) is 4.92. The summed E-state index contributed by atoms with van der Waals surface area (Å²) >= 11 is 12.2. The summed E-state index contributed by atoms with van der Waals surface area (Å²) in [6.07, 6.45) is 1.80. The Kier molecular flexibility index (Phi) is 6.78. The van der Waals surface area contributed by atoms with Crippen LogP contribution in [0.3, 0.4) is 0 Å². The maximum absolute atomic E-state index is 12.6. The van der Waals surface area contributed by atoms with Gasteiger partial charge in [-0.1, -0.05) is 53.5 Å². The Bertz CT molecular complexity index is 1240. The zero-order valence-corrected chi connectivity index (χ0v) is 18.9. The number of nitrogens with one attached hydrogen (secondary N) is 1. The van der Waals surface area contributed by atoms with Gasteiger partial charge in [0.05, 0.1) is 6.54 Å². The van der Waals surface area contributed by atoms with Crippen molar-refractivity contribution in [3.05, 3.63) is 111 Å². The highest BCUT2D eigenvalue weighted by atomic mass is 35.5. The van der Waals surface area contributed by atoms with E-state index in [9.17, 15) is 4.79 Å². The van der Waals surface area contributed by atoms with Gasteiger partial charge in [-0.15, -0.1) is 0 Å². The van der Waals surface area contributed by atoms with Gasteiger partial charge in [0.1, 0.15) is 12.4 Å². The third-order valence-corrected chi connectivity index (χ3v) is 5.72. The lowest BCUT2D eigenvalue weighted by atomic mass is 10.1. The molecule has 0 radical (unpaired) electrons. The molecule has 1 N–H and O–H groups in total. The van der Waals surface area contributed by atoms with E-state index in [1.165, 1.54) is 0 Å². The zero-order chi connectivity index (χ0) is 22.5. The van der Waals surface area contributed by atoms with Crippen LogP contribution in [0.1, 0.15) is 27.0 Å². The molecule has 0 aliphatic rings. The fraction of sp³-hybridized carbons (Fsp3) is 0.120. The van der Waals surface area contributed by atoms with Crippen molar-refractivity contribution in [1.29, 1.82) is 0 Å². The molecule has 1 aromatic heterocycles. The van der Waals surface area contributed by atoms with E-state index in [0.29, 0.717) is 34.6 Å². The van der Waals surface area contributed by atoms with Crippen molar-refractivity contribution in [2.75, 3.05) is 5.32 Å². The summed E-state index contributed by atoms with van der Waals surface area (Å²) in [6.45, 7) is 2.86. The highest BCUT2D eigenvalue weighted by Gasteiger charge is 2.09. The van der Waals surface area contributed by atoms with Crippen LogP contribution in [0, 0.1) is 6.92 Å². The van der Waals surface area contributed by atoms with Crippen LogP contribution in [0.15, 0.2) is 79.0 Å². The SMILES string of the molecule is Cc1cc(OCc2ccc(C(=O)Nc3ccn(Cc4ccccc4Cl)n3)cc2)ccc1Cl. The maximum Gasteiger partial charge on any atom is 0.256 e. The second kappa shape index (κ2) is 9.90. The van der Waals surface area contributed by atoms with Crippen LogP contribution in [0.4, 0.5) is 5.82 Å². The van der Waals surface area contributed by atoms with Gasteiger partial charge in [-0.2, -0.15) is 5.10 Å². The average molecular weight is 466 g/mol. The summed E-state index contributed by atoms with van der Waals surface area (Å²) in [4.78, 5) is 12.6. The van der Waals surface area contributed by atoms with Crippen LogP contribution >= 0.6 is 23.2 Å². The van der Waals surface area contributed by atoms with Crippen LogP contribution in [-0.4, -0.2) is 15.7 Å². The molecule has 5 nitrogen and oxygen atoms in total. The van der Waals surface area contributed by atoms with Crippen LogP contribution in [0.25, 0.3) is 0 Å². The number of rotatable bonds is 7. The first-order valence-electron chi connectivity index (χ1n) is 10.0. The molecule has 0 aliphatic heterocycles. The molecule has 1 heterocycles.